The largest absolute Gasteiger partial charge is 0.454 e. The van der Waals surface area contributed by atoms with Gasteiger partial charge in [-0.05, 0) is 40.3 Å². The van der Waals surface area contributed by atoms with Crippen LogP contribution in [0.25, 0.3) is 0 Å². The van der Waals surface area contributed by atoms with Crippen LogP contribution in [0.4, 0.5) is 0 Å². The molecule has 0 spiro atoms. The van der Waals surface area contributed by atoms with Crippen molar-refractivity contribution in [3.63, 3.8) is 0 Å². The van der Waals surface area contributed by atoms with Crippen molar-refractivity contribution in [2.45, 2.75) is 25.6 Å². The Morgan fingerprint density at radius 3 is 2.36 bits per heavy atom. The number of thiophene rings is 1. The molecule has 7 heteroatoms. The molecular formula is C29H26N2O4S. The predicted molar refractivity (Wildman–Crippen MR) is 139 cm³/mol. The van der Waals surface area contributed by atoms with Gasteiger partial charge in [0.25, 0.3) is 0 Å². The number of fused-ring (bicyclic) bond motifs is 1. The van der Waals surface area contributed by atoms with Crippen molar-refractivity contribution < 1.29 is 19.1 Å². The van der Waals surface area contributed by atoms with E-state index in [1.54, 1.807) is 4.90 Å². The molecule has 4 aromatic rings. The molecule has 182 valence electrons. The van der Waals surface area contributed by atoms with Gasteiger partial charge in [0.1, 0.15) is 6.04 Å². The third-order valence-electron chi connectivity index (χ3n) is 6.00. The van der Waals surface area contributed by atoms with Crippen LogP contribution in [0.5, 0.6) is 11.5 Å². The number of ether oxygens (including phenoxy) is 2. The lowest BCUT2D eigenvalue weighted by Crippen LogP contribution is -2.43. The van der Waals surface area contributed by atoms with Gasteiger partial charge in [0.2, 0.25) is 18.6 Å². The van der Waals surface area contributed by atoms with E-state index in [4.69, 9.17) is 9.47 Å². The molecule has 0 saturated carbocycles. The second-order valence-corrected chi connectivity index (χ2v) is 9.51. The zero-order chi connectivity index (χ0) is 24.7. The fourth-order valence-electron chi connectivity index (χ4n) is 4.21. The summed E-state index contributed by atoms with van der Waals surface area (Å²) in [5, 5.41) is 4.99. The summed E-state index contributed by atoms with van der Waals surface area (Å²) in [6.07, 6.45) is 0.220. The van der Waals surface area contributed by atoms with Crippen molar-refractivity contribution in [1.29, 1.82) is 0 Å². The number of amides is 2. The summed E-state index contributed by atoms with van der Waals surface area (Å²) in [6, 6.07) is 27.9. The van der Waals surface area contributed by atoms with Crippen molar-refractivity contribution in [3.8, 4) is 11.5 Å². The molecule has 0 fully saturated rings. The van der Waals surface area contributed by atoms with Gasteiger partial charge in [-0.1, -0.05) is 72.8 Å². The van der Waals surface area contributed by atoms with E-state index in [1.807, 2.05) is 96.4 Å². The third kappa shape index (κ3) is 5.58. The molecular weight excluding hydrogens is 472 g/mol. The molecule has 0 radical (unpaired) electrons. The molecule has 0 saturated heterocycles. The lowest BCUT2D eigenvalue weighted by Gasteiger charge is -2.31. The number of benzene rings is 3. The molecule has 5 rings (SSSR count). The number of carbonyl (C=O) groups excluding carboxylic acids is 2. The highest BCUT2D eigenvalue weighted by Crippen LogP contribution is 2.34. The van der Waals surface area contributed by atoms with Crippen LogP contribution < -0.4 is 14.8 Å². The van der Waals surface area contributed by atoms with Crippen molar-refractivity contribution in [1.82, 2.24) is 10.2 Å². The zero-order valence-corrected chi connectivity index (χ0v) is 20.4. The molecule has 1 aromatic heterocycles. The van der Waals surface area contributed by atoms with Crippen LogP contribution in [0.3, 0.4) is 0 Å². The minimum Gasteiger partial charge on any atom is -0.454 e. The second kappa shape index (κ2) is 11.1. The van der Waals surface area contributed by atoms with Crippen LogP contribution in [0, 0.1) is 0 Å². The van der Waals surface area contributed by atoms with Gasteiger partial charge in [0.15, 0.2) is 11.5 Å². The first-order chi connectivity index (χ1) is 17.7. The molecule has 1 aliphatic rings. The van der Waals surface area contributed by atoms with Gasteiger partial charge in [-0.25, -0.2) is 0 Å². The Hall–Kier alpha value is -4.10. The minimum atomic E-state index is -0.798. The second-order valence-electron chi connectivity index (χ2n) is 8.48. The van der Waals surface area contributed by atoms with Gasteiger partial charge in [-0.2, -0.15) is 0 Å². The summed E-state index contributed by atoms with van der Waals surface area (Å²) in [4.78, 5) is 30.0. The number of rotatable bonds is 9. The first-order valence-electron chi connectivity index (χ1n) is 11.7. The highest BCUT2D eigenvalue weighted by Gasteiger charge is 2.32. The van der Waals surface area contributed by atoms with Crippen LogP contribution in [0.1, 0.15) is 27.6 Å². The average molecular weight is 499 g/mol. The summed E-state index contributed by atoms with van der Waals surface area (Å²) in [6.45, 7) is 0.799. The molecule has 1 atom stereocenters. The molecule has 0 aliphatic carbocycles. The van der Waals surface area contributed by atoms with Gasteiger partial charge in [0.05, 0.1) is 6.42 Å². The summed E-state index contributed by atoms with van der Waals surface area (Å²) in [5.74, 6) is 0.961. The number of nitrogens with zero attached hydrogens (tertiary/aromatic N) is 1. The fourth-order valence-corrected chi connectivity index (χ4v) is 4.91. The average Bonchev–Trinajstić information content (AvgIpc) is 3.60. The summed E-state index contributed by atoms with van der Waals surface area (Å²) in [5.41, 5.74) is 2.60. The van der Waals surface area contributed by atoms with Crippen LogP contribution in [-0.2, 0) is 29.1 Å². The Kier molecular flexibility index (Phi) is 7.28. The van der Waals surface area contributed by atoms with E-state index in [9.17, 15) is 9.59 Å². The molecule has 0 unspecified atom stereocenters. The number of carbonyl (C=O) groups is 2. The van der Waals surface area contributed by atoms with Crippen molar-refractivity contribution in [2.24, 2.45) is 0 Å². The molecule has 0 bridgehead atoms. The monoisotopic (exact) mass is 498 g/mol. The Labute approximate surface area is 214 Å². The lowest BCUT2D eigenvalue weighted by atomic mass is 10.0. The SMILES string of the molecule is O=C(NCc1ccccc1)[C@@H](c1ccccc1)N(Cc1ccc2c(c1)OCO2)C(=O)Cc1cccs1. The van der Waals surface area contributed by atoms with E-state index in [-0.39, 0.29) is 31.6 Å². The van der Waals surface area contributed by atoms with Gasteiger partial charge in [0, 0.05) is 18.0 Å². The molecule has 36 heavy (non-hydrogen) atoms. The van der Waals surface area contributed by atoms with Crippen LogP contribution in [0.2, 0.25) is 0 Å². The summed E-state index contributed by atoms with van der Waals surface area (Å²) >= 11 is 1.53. The molecule has 6 nitrogen and oxygen atoms in total. The molecule has 2 amide bonds. The zero-order valence-electron chi connectivity index (χ0n) is 19.6. The predicted octanol–water partition coefficient (Wildman–Crippen LogP) is 5.11. The smallest absolute Gasteiger partial charge is 0.247 e. The minimum absolute atomic E-state index is 0.126. The molecule has 1 N–H and O–H groups in total. The van der Waals surface area contributed by atoms with E-state index in [0.29, 0.717) is 18.0 Å². The van der Waals surface area contributed by atoms with Crippen molar-refractivity contribution in [2.75, 3.05) is 6.79 Å². The lowest BCUT2D eigenvalue weighted by molar-refractivity contribution is -0.141. The van der Waals surface area contributed by atoms with E-state index in [2.05, 4.69) is 5.32 Å². The highest BCUT2D eigenvalue weighted by molar-refractivity contribution is 7.10. The molecule has 1 aliphatic heterocycles. The standard InChI is InChI=1S/C29H26N2O4S/c32-27(17-24-12-7-15-36-24)31(19-22-13-14-25-26(16-22)35-20-34-25)28(23-10-5-2-6-11-23)29(33)30-18-21-8-3-1-4-9-21/h1-16,28H,17-20H2,(H,30,33)/t28-/m1/s1. The number of hydrogen-bond donors (Lipinski definition) is 1. The summed E-state index contributed by atoms with van der Waals surface area (Å²) < 4.78 is 11.0. The molecule has 3 aromatic carbocycles. The maximum atomic E-state index is 13.7. The molecule has 2 heterocycles. The van der Waals surface area contributed by atoms with Crippen molar-refractivity contribution in [3.05, 3.63) is 118 Å². The van der Waals surface area contributed by atoms with Gasteiger partial charge < -0.3 is 19.7 Å². The normalized spacial score (nSPS) is 12.7. The Balaban J connectivity index is 1.47. The topological polar surface area (TPSA) is 67.9 Å². The number of nitrogens with one attached hydrogen (secondary N) is 1. The first-order valence-corrected chi connectivity index (χ1v) is 12.6. The van der Waals surface area contributed by atoms with Gasteiger partial charge in [-0.15, -0.1) is 11.3 Å². The third-order valence-corrected chi connectivity index (χ3v) is 6.88. The van der Waals surface area contributed by atoms with Gasteiger partial charge in [-0.3, -0.25) is 9.59 Å². The fraction of sp³-hybridized carbons (Fsp3) is 0.172. The maximum Gasteiger partial charge on any atom is 0.247 e. The van der Waals surface area contributed by atoms with Crippen LogP contribution >= 0.6 is 11.3 Å². The van der Waals surface area contributed by atoms with Crippen LogP contribution in [0.15, 0.2) is 96.4 Å². The Bertz CT molecular complexity index is 1310. The van der Waals surface area contributed by atoms with E-state index >= 15 is 0 Å². The Morgan fingerprint density at radius 2 is 1.61 bits per heavy atom. The van der Waals surface area contributed by atoms with E-state index in [0.717, 1.165) is 21.6 Å². The summed E-state index contributed by atoms with van der Waals surface area (Å²) in [7, 11) is 0. The maximum absolute atomic E-state index is 13.7. The Morgan fingerprint density at radius 1 is 0.861 bits per heavy atom. The van der Waals surface area contributed by atoms with Crippen molar-refractivity contribution >= 4 is 23.2 Å². The first kappa shape index (κ1) is 23.6. The van der Waals surface area contributed by atoms with Gasteiger partial charge >= 0.3 is 0 Å². The van der Waals surface area contributed by atoms with E-state index in [1.165, 1.54) is 11.3 Å². The number of hydrogen-bond acceptors (Lipinski definition) is 5. The highest BCUT2D eigenvalue weighted by atomic mass is 32.1. The van der Waals surface area contributed by atoms with E-state index < -0.39 is 6.04 Å². The van der Waals surface area contributed by atoms with Crippen LogP contribution in [-0.4, -0.2) is 23.5 Å². The quantitative estimate of drug-likeness (QED) is 0.348.